The molecule has 1 aliphatic carbocycles. The fourth-order valence-electron chi connectivity index (χ4n) is 2.28. The SMILES string of the molecule is CC(=O)N(CCNC(=O)C1CCC1)c1c(Cl)cccc1Cl. The van der Waals surface area contributed by atoms with Crippen LogP contribution in [0.2, 0.25) is 10.0 Å². The number of nitrogens with one attached hydrogen (secondary N) is 1. The number of halogens is 2. The topological polar surface area (TPSA) is 49.4 Å². The maximum atomic E-state index is 11.8. The summed E-state index contributed by atoms with van der Waals surface area (Å²) >= 11 is 12.3. The molecule has 4 nitrogen and oxygen atoms in total. The van der Waals surface area contributed by atoms with Crippen molar-refractivity contribution < 1.29 is 9.59 Å². The van der Waals surface area contributed by atoms with E-state index in [4.69, 9.17) is 23.2 Å². The van der Waals surface area contributed by atoms with Crippen LogP contribution in [0.15, 0.2) is 18.2 Å². The fourth-order valence-corrected chi connectivity index (χ4v) is 2.88. The zero-order valence-electron chi connectivity index (χ0n) is 11.9. The molecule has 1 saturated carbocycles. The highest BCUT2D eigenvalue weighted by Crippen LogP contribution is 2.33. The minimum absolute atomic E-state index is 0.0648. The second-order valence-electron chi connectivity index (χ2n) is 5.16. The molecule has 6 heteroatoms. The van der Waals surface area contributed by atoms with Crippen LogP contribution >= 0.6 is 23.2 Å². The Bertz CT molecular complexity index is 524. The molecule has 0 bridgehead atoms. The van der Waals surface area contributed by atoms with Crippen molar-refractivity contribution in [3.8, 4) is 0 Å². The van der Waals surface area contributed by atoms with Crippen LogP contribution in [-0.4, -0.2) is 24.9 Å². The van der Waals surface area contributed by atoms with E-state index in [1.165, 1.54) is 11.8 Å². The van der Waals surface area contributed by atoms with Gasteiger partial charge in [0.1, 0.15) is 0 Å². The molecular weight excluding hydrogens is 311 g/mol. The number of hydrogen-bond donors (Lipinski definition) is 1. The van der Waals surface area contributed by atoms with Crippen molar-refractivity contribution in [3.05, 3.63) is 28.2 Å². The van der Waals surface area contributed by atoms with Crippen LogP contribution in [0, 0.1) is 5.92 Å². The lowest BCUT2D eigenvalue weighted by molar-refractivity contribution is -0.127. The van der Waals surface area contributed by atoms with Crippen molar-refractivity contribution in [2.45, 2.75) is 26.2 Å². The number of anilines is 1. The van der Waals surface area contributed by atoms with Gasteiger partial charge in [0.2, 0.25) is 11.8 Å². The molecule has 21 heavy (non-hydrogen) atoms. The van der Waals surface area contributed by atoms with Gasteiger partial charge in [-0.05, 0) is 25.0 Å². The second-order valence-corrected chi connectivity index (χ2v) is 5.97. The van der Waals surface area contributed by atoms with E-state index in [1.54, 1.807) is 18.2 Å². The summed E-state index contributed by atoms with van der Waals surface area (Å²) in [5.41, 5.74) is 0.492. The van der Waals surface area contributed by atoms with E-state index in [9.17, 15) is 9.59 Å². The Morgan fingerprint density at radius 3 is 2.38 bits per heavy atom. The Balaban J connectivity index is 1.99. The average Bonchev–Trinajstić information content (AvgIpc) is 2.34. The van der Waals surface area contributed by atoms with Gasteiger partial charge in [-0.15, -0.1) is 0 Å². The van der Waals surface area contributed by atoms with Crippen LogP contribution in [0.3, 0.4) is 0 Å². The Morgan fingerprint density at radius 2 is 1.90 bits per heavy atom. The number of carbonyl (C=O) groups excluding carboxylic acids is 2. The Morgan fingerprint density at radius 1 is 1.29 bits per heavy atom. The number of amides is 2. The highest BCUT2D eigenvalue weighted by Gasteiger charge is 2.25. The van der Waals surface area contributed by atoms with E-state index in [-0.39, 0.29) is 17.7 Å². The molecule has 1 fully saturated rings. The predicted molar refractivity (Wildman–Crippen MR) is 84.8 cm³/mol. The zero-order valence-corrected chi connectivity index (χ0v) is 13.4. The number of benzene rings is 1. The van der Waals surface area contributed by atoms with Gasteiger partial charge in [0.15, 0.2) is 0 Å². The number of para-hydroxylation sites is 1. The molecule has 2 amide bonds. The summed E-state index contributed by atoms with van der Waals surface area (Å²) in [5.74, 6) is 0.0394. The third-order valence-corrected chi connectivity index (χ3v) is 4.31. The molecule has 0 radical (unpaired) electrons. The molecule has 1 N–H and O–H groups in total. The summed E-state index contributed by atoms with van der Waals surface area (Å²) in [7, 11) is 0. The van der Waals surface area contributed by atoms with E-state index < -0.39 is 0 Å². The summed E-state index contributed by atoms with van der Waals surface area (Å²) in [6.07, 6.45) is 3.03. The lowest BCUT2D eigenvalue weighted by atomic mass is 9.85. The lowest BCUT2D eigenvalue weighted by Crippen LogP contribution is -2.41. The maximum absolute atomic E-state index is 11.8. The van der Waals surface area contributed by atoms with E-state index in [1.807, 2.05) is 0 Å². The average molecular weight is 329 g/mol. The Hall–Kier alpha value is -1.26. The van der Waals surface area contributed by atoms with E-state index in [0.29, 0.717) is 28.8 Å². The van der Waals surface area contributed by atoms with Crippen LogP contribution in [0.1, 0.15) is 26.2 Å². The third-order valence-electron chi connectivity index (χ3n) is 3.70. The number of nitrogens with zero attached hydrogens (tertiary/aromatic N) is 1. The molecule has 0 unspecified atom stereocenters. The summed E-state index contributed by atoms with van der Waals surface area (Å²) < 4.78 is 0. The summed E-state index contributed by atoms with van der Waals surface area (Å²) in [6, 6.07) is 5.10. The minimum atomic E-state index is -0.164. The molecule has 1 aliphatic rings. The van der Waals surface area contributed by atoms with Gasteiger partial charge in [-0.2, -0.15) is 0 Å². The van der Waals surface area contributed by atoms with Crippen molar-refractivity contribution in [2.24, 2.45) is 5.92 Å². The van der Waals surface area contributed by atoms with E-state index in [0.717, 1.165) is 19.3 Å². The monoisotopic (exact) mass is 328 g/mol. The van der Waals surface area contributed by atoms with E-state index in [2.05, 4.69) is 5.32 Å². The van der Waals surface area contributed by atoms with Gasteiger partial charge in [0, 0.05) is 25.9 Å². The third kappa shape index (κ3) is 3.89. The molecule has 1 aromatic rings. The highest BCUT2D eigenvalue weighted by atomic mass is 35.5. The molecule has 2 rings (SSSR count). The van der Waals surface area contributed by atoms with E-state index >= 15 is 0 Å². The first kappa shape index (κ1) is 16.1. The molecule has 0 atom stereocenters. The number of rotatable bonds is 5. The lowest BCUT2D eigenvalue weighted by Gasteiger charge is -2.26. The smallest absolute Gasteiger partial charge is 0.224 e. The van der Waals surface area contributed by atoms with Gasteiger partial charge in [0.25, 0.3) is 0 Å². The minimum Gasteiger partial charge on any atom is -0.354 e. The molecule has 0 aliphatic heterocycles. The molecule has 0 spiro atoms. The molecule has 114 valence electrons. The van der Waals surface area contributed by atoms with Gasteiger partial charge < -0.3 is 10.2 Å². The quantitative estimate of drug-likeness (QED) is 0.901. The maximum Gasteiger partial charge on any atom is 0.224 e. The standard InChI is InChI=1S/C15H18Cl2N2O2/c1-10(20)19(14-12(16)6-3-7-13(14)17)9-8-18-15(21)11-4-2-5-11/h3,6-7,11H,2,4-5,8-9H2,1H3,(H,18,21). The molecule has 0 heterocycles. The van der Waals surface area contributed by atoms with Crippen molar-refractivity contribution in [1.29, 1.82) is 0 Å². The first-order chi connectivity index (χ1) is 10.0. The summed E-state index contributed by atoms with van der Waals surface area (Å²) in [4.78, 5) is 25.1. The molecule has 1 aromatic carbocycles. The number of carbonyl (C=O) groups is 2. The van der Waals surface area contributed by atoms with Crippen LogP contribution in [0.4, 0.5) is 5.69 Å². The first-order valence-electron chi connectivity index (χ1n) is 7.00. The van der Waals surface area contributed by atoms with Crippen molar-refractivity contribution in [3.63, 3.8) is 0 Å². The highest BCUT2D eigenvalue weighted by molar-refractivity contribution is 6.39. The van der Waals surface area contributed by atoms with Crippen molar-refractivity contribution in [1.82, 2.24) is 5.32 Å². The zero-order chi connectivity index (χ0) is 15.4. The molecule has 0 aromatic heterocycles. The largest absolute Gasteiger partial charge is 0.354 e. The normalized spacial score (nSPS) is 14.4. The fraction of sp³-hybridized carbons (Fsp3) is 0.467. The number of hydrogen-bond acceptors (Lipinski definition) is 2. The predicted octanol–water partition coefficient (Wildman–Crippen LogP) is 3.26. The van der Waals surface area contributed by atoms with Crippen LogP contribution in [0.25, 0.3) is 0 Å². The summed E-state index contributed by atoms with van der Waals surface area (Å²) in [5, 5.41) is 3.70. The Labute approximate surface area is 134 Å². The van der Waals surface area contributed by atoms with Gasteiger partial charge in [-0.25, -0.2) is 0 Å². The van der Waals surface area contributed by atoms with Crippen LogP contribution in [0.5, 0.6) is 0 Å². The van der Waals surface area contributed by atoms with Crippen molar-refractivity contribution in [2.75, 3.05) is 18.0 Å². The van der Waals surface area contributed by atoms with Gasteiger partial charge >= 0.3 is 0 Å². The van der Waals surface area contributed by atoms with Gasteiger partial charge in [-0.3, -0.25) is 9.59 Å². The van der Waals surface area contributed by atoms with Crippen molar-refractivity contribution >= 4 is 40.7 Å². The van der Waals surface area contributed by atoms with Gasteiger partial charge in [-0.1, -0.05) is 35.7 Å². The van der Waals surface area contributed by atoms with Crippen LogP contribution in [-0.2, 0) is 9.59 Å². The Kier molecular flexibility index (Phi) is 5.48. The van der Waals surface area contributed by atoms with Gasteiger partial charge in [0.05, 0.1) is 15.7 Å². The first-order valence-corrected chi connectivity index (χ1v) is 7.76. The molecular formula is C15H18Cl2N2O2. The molecule has 0 saturated heterocycles. The summed E-state index contributed by atoms with van der Waals surface area (Å²) in [6.45, 7) is 2.18. The second kappa shape index (κ2) is 7.14. The van der Waals surface area contributed by atoms with Crippen LogP contribution < -0.4 is 10.2 Å².